The minimum Gasteiger partial charge on any atom is -0.402 e. The lowest BCUT2D eigenvalue weighted by molar-refractivity contribution is 0.00578. The van der Waals surface area contributed by atoms with Gasteiger partial charge in [-0.3, -0.25) is 0 Å². The quantitative estimate of drug-likeness (QED) is 0.516. The van der Waals surface area contributed by atoms with E-state index in [1.807, 2.05) is 0 Å². The molecule has 0 N–H and O–H groups in total. The minimum atomic E-state index is -0.307. The van der Waals surface area contributed by atoms with Crippen LogP contribution in [0.3, 0.4) is 0 Å². The van der Waals surface area contributed by atoms with Crippen LogP contribution in [0.4, 0.5) is 0 Å². The molecule has 0 bridgehead atoms. The van der Waals surface area contributed by atoms with E-state index in [0.29, 0.717) is 5.92 Å². The maximum atomic E-state index is 6.36. The van der Waals surface area contributed by atoms with Crippen molar-refractivity contribution < 1.29 is 9.31 Å². The molecule has 1 saturated heterocycles. The second-order valence-corrected chi connectivity index (χ2v) is 9.20. The molecule has 22 heavy (non-hydrogen) atoms. The number of rotatable bonds is 4. The topological polar surface area (TPSA) is 18.5 Å². The van der Waals surface area contributed by atoms with Crippen molar-refractivity contribution in [2.75, 3.05) is 0 Å². The SMILES string of the molecule is CC[C@](C#CC(C)(C)C)(CC(C)C)B1OC(C)(C)C(C)(C)O1. The summed E-state index contributed by atoms with van der Waals surface area (Å²) in [4.78, 5) is 0. The normalized spacial score (nSPS) is 23.1. The van der Waals surface area contributed by atoms with Gasteiger partial charge in [0.05, 0.1) is 16.5 Å². The molecule has 0 saturated carbocycles. The summed E-state index contributed by atoms with van der Waals surface area (Å²) >= 11 is 0. The van der Waals surface area contributed by atoms with E-state index in [9.17, 15) is 0 Å². The van der Waals surface area contributed by atoms with Crippen LogP contribution in [-0.2, 0) is 9.31 Å². The van der Waals surface area contributed by atoms with Gasteiger partial charge in [-0.15, -0.1) is 0 Å². The third kappa shape index (κ3) is 4.30. The van der Waals surface area contributed by atoms with Gasteiger partial charge in [-0.1, -0.05) is 32.6 Å². The summed E-state index contributed by atoms with van der Waals surface area (Å²) in [6.45, 7) is 21.6. The summed E-state index contributed by atoms with van der Waals surface area (Å²) < 4.78 is 12.7. The van der Waals surface area contributed by atoms with Crippen LogP contribution in [0, 0.1) is 23.2 Å². The minimum absolute atomic E-state index is 0.0129. The van der Waals surface area contributed by atoms with E-state index in [-0.39, 0.29) is 29.0 Å². The lowest BCUT2D eigenvalue weighted by Gasteiger charge is -2.32. The van der Waals surface area contributed by atoms with E-state index in [0.717, 1.165) is 12.8 Å². The second kappa shape index (κ2) is 6.21. The lowest BCUT2D eigenvalue weighted by atomic mass is 9.53. The molecule has 1 fully saturated rings. The van der Waals surface area contributed by atoms with Crippen molar-refractivity contribution >= 4 is 7.12 Å². The molecular formula is C19H35BO2. The predicted octanol–water partition coefficient (Wildman–Crippen LogP) is 5.32. The van der Waals surface area contributed by atoms with Gasteiger partial charge in [0.2, 0.25) is 0 Å². The van der Waals surface area contributed by atoms with E-state index in [1.165, 1.54) is 0 Å². The Morgan fingerprint density at radius 1 is 0.955 bits per heavy atom. The van der Waals surface area contributed by atoms with Gasteiger partial charge in [0.1, 0.15) is 0 Å². The van der Waals surface area contributed by atoms with Crippen molar-refractivity contribution in [3.8, 4) is 11.8 Å². The average molecular weight is 306 g/mol. The third-order valence-electron chi connectivity index (χ3n) is 4.79. The smallest absolute Gasteiger partial charge is 0.402 e. The zero-order valence-electron chi connectivity index (χ0n) is 16.4. The van der Waals surface area contributed by atoms with Gasteiger partial charge < -0.3 is 9.31 Å². The Bertz CT molecular complexity index is 432. The largest absolute Gasteiger partial charge is 0.477 e. The molecule has 2 nitrogen and oxygen atoms in total. The molecule has 0 unspecified atom stereocenters. The van der Waals surface area contributed by atoms with Gasteiger partial charge >= 0.3 is 7.12 Å². The standard InChI is InChI=1S/C19H35BO2/c1-11-19(14-15(2)3,13-12-16(4,5)6)20-21-17(7,8)18(9,10)22-20/h15H,11,14H2,1-10H3/t19-/m0/s1. The first-order valence-corrected chi connectivity index (χ1v) is 8.65. The van der Waals surface area contributed by atoms with Crippen LogP contribution >= 0.6 is 0 Å². The first kappa shape index (κ1) is 19.6. The average Bonchev–Trinajstić information content (AvgIpc) is 2.53. The van der Waals surface area contributed by atoms with Crippen molar-refractivity contribution in [3.63, 3.8) is 0 Å². The number of hydrogen-bond acceptors (Lipinski definition) is 2. The molecule has 0 aliphatic carbocycles. The fourth-order valence-electron chi connectivity index (χ4n) is 2.71. The Labute approximate surface area is 138 Å². The molecule has 1 rings (SSSR count). The lowest BCUT2D eigenvalue weighted by Crippen LogP contribution is -2.41. The molecule has 0 aromatic carbocycles. The van der Waals surface area contributed by atoms with Crippen LogP contribution in [0.25, 0.3) is 0 Å². The molecule has 0 aromatic heterocycles. The van der Waals surface area contributed by atoms with Crippen LogP contribution in [0.1, 0.15) is 82.1 Å². The molecule has 0 spiro atoms. The molecule has 3 heteroatoms. The fourth-order valence-corrected chi connectivity index (χ4v) is 2.71. The highest BCUT2D eigenvalue weighted by Gasteiger charge is 2.58. The summed E-state index contributed by atoms with van der Waals surface area (Å²) in [5, 5.41) is -0.244. The third-order valence-corrected chi connectivity index (χ3v) is 4.79. The number of hydrogen-bond donors (Lipinski definition) is 0. The van der Waals surface area contributed by atoms with Crippen molar-refractivity contribution in [1.82, 2.24) is 0 Å². The van der Waals surface area contributed by atoms with E-state index >= 15 is 0 Å². The summed E-state index contributed by atoms with van der Waals surface area (Å²) in [6, 6.07) is 0. The van der Waals surface area contributed by atoms with Crippen LogP contribution < -0.4 is 0 Å². The summed E-state index contributed by atoms with van der Waals surface area (Å²) in [7, 11) is -0.264. The Morgan fingerprint density at radius 2 is 1.41 bits per heavy atom. The molecular weight excluding hydrogens is 271 g/mol. The molecule has 1 heterocycles. The van der Waals surface area contributed by atoms with Crippen molar-refractivity contribution in [2.45, 2.75) is 98.6 Å². The van der Waals surface area contributed by atoms with Crippen molar-refractivity contribution in [3.05, 3.63) is 0 Å². The summed E-state index contributed by atoms with van der Waals surface area (Å²) in [6.07, 6.45) is 1.93. The van der Waals surface area contributed by atoms with Gasteiger partial charge in [0.25, 0.3) is 0 Å². The Hall–Kier alpha value is -0.455. The molecule has 126 valence electrons. The van der Waals surface area contributed by atoms with Crippen molar-refractivity contribution in [1.29, 1.82) is 0 Å². The molecule has 0 radical (unpaired) electrons. The first-order chi connectivity index (χ1) is 9.75. The van der Waals surface area contributed by atoms with Crippen LogP contribution in [-0.4, -0.2) is 18.3 Å². The van der Waals surface area contributed by atoms with E-state index in [4.69, 9.17) is 9.31 Å². The zero-order valence-corrected chi connectivity index (χ0v) is 16.4. The highest BCUT2D eigenvalue weighted by Crippen LogP contribution is 2.49. The second-order valence-electron chi connectivity index (χ2n) is 9.20. The summed E-state index contributed by atoms with van der Waals surface area (Å²) in [5.74, 6) is 7.56. The molecule has 1 atom stereocenters. The fraction of sp³-hybridized carbons (Fsp3) is 0.895. The molecule has 0 amide bonds. The molecule has 1 aliphatic rings. The van der Waals surface area contributed by atoms with Gasteiger partial charge in [-0.25, -0.2) is 0 Å². The monoisotopic (exact) mass is 306 g/mol. The Kier molecular flexibility index (Phi) is 5.53. The van der Waals surface area contributed by atoms with E-state index in [2.05, 4.69) is 81.1 Å². The van der Waals surface area contributed by atoms with E-state index < -0.39 is 0 Å². The van der Waals surface area contributed by atoms with Gasteiger partial charge in [0.15, 0.2) is 0 Å². The van der Waals surface area contributed by atoms with Crippen LogP contribution in [0.2, 0.25) is 5.31 Å². The summed E-state index contributed by atoms with van der Waals surface area (Å²) in [5.41, 5.74) is -0.627. The first-order valence-electron chi connectivity index (χ1n) is 8.65. The Morgan fingerprint density at radius 3 is 1.73 bits per heavy atom. The zero-order chi connectivity index (χ0) is 17.4. The van der Waals surface area contributed by atoms with Crippen LogP contribution in [0.5, 0.6) is 0 Å². The van der Waals surface area contributed by atoms with Gasteiger partial charge in [-0.2, -0.15) is 0 Å². The van der Waals surface area contributed by atoms with Crippen molar-refractivity contribution in [2.24, 2.45) is 11.3 Å². The molecule has 0 aromatic rings. The molecule has 1 aliphatic heterocycles. The maximum absolute atomic E-state index is 6.36. The Balaban J connectivity index is 3.24. The highest BCUT2D eigenvalue weighted by atomic mass is 16.7. The predicted molar refractivity (Wildman–Crippen MR) is 95.8 cm³/mol. The van der Waals surface area contributed by atoms with E-state index in [1.54, 1.807) is 0 Å². The highest BCUT2D eigenvalue weighted by molar-refractivity contribution is 6.51. The van der Waals surface area contributed by atoms with Gasteiger partial charge in [0, 0.05) is 5.41 Å². The van der Waals surface area contributed by atoms with Crippen LogP contribution in [0.15, 0.2) is 0 Å². The maximum Gasteiger partial charge on any atom is 0.477 e. The van der Waals surface area contributed by atoms with Gasteiger partial charge in [-0.05, 0) is 67.2 Å².